The number of halogens is 1. The number of nitro groups is 1. The average Bonchev–Trinajstić information content (AvgIpc) is 3.00. The molecule has 130 valence electrons. The van der Waals surface area contributed by atoms with Crippen molar-refractivity contribution in [2.24, 2.45) is 0 Å². The largest absolute Gasteiger partial charge is 0.390 e. The van der Waals surface area contributed by atoms with E-state index < -0.39 is 4.92 Å². The molecule has 1 amide bonds. The van der Waals surface area contributed by atoms with Gasteiger partial charge in [-0.05, 0) is 48.0 Å². The molecule has 0 spiro atoms. The van der Waals surface area contributed by atoms with E-state index in [2.05, 4.69) is 31.4 Å². The Labute approximate surface area is 147 Å². The lowest BCUT2D eigenvalue weighted by Gasteiger charge is -2.06. The zero-order valence-electron chi connectivity index (χ0n) is 13.7. The highest BCUT2D eigenvalue weighted by molar-refractivity contribution is 9.10. The minimum atomic E-state index is -0.575. The molecule has 0 saturated carbocycles. The highest BCUT2D eigenvalue weighted by Gasteiger charge is 2.17. The zero-order valence-corrected chi connectivity index (χ0v) is 15.3. The number of nitrogens with one attached hydrogen (secondary N) is 1. The van der Waals surface area contributed by atoms with E-state index in [1.807, 2.05) is 18.5 Å². The van der Waals surface area contributed by atoms with E-state index in [1.165, 1.54) is 10.7 Å². The van der Waals surface area contributed by atoms with Gasteiger partial charge >= 0.3 is 5.82 Å². The number of aryl methyl sites for hydroxylation is 3. The van der Waals surface area contributed by atoms with Gasteiger partial charge in [0.15, 0.2) is 0 Å². The van der Waals surface area contributed by atoms with Crippen LogP contribution >= 0.6 is 15.9 Å². The van der Waals surface area contributed by atoms with E-state index in [-0.39, 0.29) is 18.3 Å². The summed E-state index contributed by atoms with van der Waals surface area (Å²) in [7, 11) is 0. The number of amides is 1. The Morgan fingerprint density at radius 1 is 1.33 bits per heavy atom. The number of nitrogens with zero attached hydrogens (tertiary/aromatic N) is 5. The molecule has 2 aromatic heterocycles. The number of aromatic nitrogens is 4. The van der Waals surface area contributed by atoms with Crippen LogP contribution in [0.3, 0.4) is 0 Å². The van der Waals surface area contributed by atoms with Crippen molar-refractivity contribution in [3.63, 3.8) is 0 Å². The molecule has 0 bridgehead atoms. The Balaban J connectivity index is 1.79. The van der Waals surface area contributed by atoms with Gasteiger partial charge in [-0.3, -0.25) is 9.48 Å². The molecular weight excluding hydrogens is 380 g/mol. The van der Waals surface area contributed by atoms with Gasteiger partial charge < -0.3 is 15.4 Å². The third-order valence-electron chi connectivity index (χ3n) is 3.61. The van der Waals surface area contributed by atoms with Crippen LogP contribution in [0.25, 0.3) is 0 Å². The van der Waals surface area contributed by atoms with Crippen molar-refractivity contribution < 1.29 is 9.72 Å². The van der Waals surface area contributed by atoms with E-state index in [0.717, 1.165) is 22.3 Å². The smallest absolute Gasteiger partial charge is 0.358 e. The Morgan fingerprint density at radius 2 is 2.04 bits per heavy atom. The second kappa shape index (κ2) is 7.56. The topological polar surface area (TPSA) is 108 Å². The number of hydrogen-bond acceptors (Lipinski definition) is 5. The Morgan fingerprint density at radius 3 is 2.58 bits per heavy atom. The first-order valence-corrected chi connectivity index (χ1v) is 8.24. The quantitative estimate of drug-likeness (QED) is 0.435. The Hall–Kier alpha value is -2.23. The highest BCUT2D eigenvalue weighted by Crippen LogP contribution is 2.19. The summed E-state index contributed by atoms with van der Waals surface area (Å²) in [5.74, 6) is -0.485. The number of carbonyl (C=O) groups is 1. The standard InChI is InChI=1S/C14H19BrN6O3/c1-9-7-12(21(23)24)18-20(9)8-13(22)16-5-4-6-19-11(3)14(15)10(2)17-19/h7H,4-6,8H2,1-3H3,(H,16,22). The highest BCUT2D eigenvalue weighted by atomic mass is 79.9. The molecule has 0 fully saturated rings. The van der Waals surface area contributed by atoms with Crippen LogP contribution in [-0.4, -0.2) is 36.9 Å². The molecule has 0 aromatic carbocycles. The first-order valence-electron chi connectivity index (χ1n) is 7.44. The van der Waals surface area contributed by atoms with Gasteiger partial charge in [-0.15, -0.1) is 0 Å². The Bertz CT molecular complexity index is 767. The van der Waals surface area contributed by atoms with Crippen molar-refractivity contribution in [1.82, 2.24) is 24.9 Å². The van der Waals surface area contributed by atoms with Gasteiger partial charge in [-0.25, -0.2) is 0 Å². The molecule has 0 unspecified atom stereocenters. The molecule has 0 aliphatic rings. The van der Waals surface area contributed by atoms with Crippen LogP contribution in [0, 0.1) is 30.9 Å². The fourth-order valence-electron chi connectivity index (χ4n) is 2.28. The van der Waals surface area contributed by atoms with Gasteiger partial charge in [0.1, 0.15) is 6.54 Å². The number of rotatable bonds is 7. The first-order chi connectivity index (χ1) is 11.3. The molecule has 0 saturated heterocycles. The zero-order chi connectivity index (χ0) is 17.9. The molecule has 24 heavy (non-hydrogen) atoms. The Kier molecular flexibility index (Phi) is 5.71. The first kappa shape index (κ1) is 18.1. The third kappa shape index (κ3) is 4.19. The second-order valence-corrected chi connectivity index (χ2v) is 6.26. The van der Waals surface area contributed by atoms with Crippen molar-refractivity contribution in [3.8, 4) is 0 Å². The van der Waals surface area contributed by atoms with E-state index >= 15 is 0 Å². The lowest BCUT2D eigenvalue weighted by atomic mass is 10.3. The van der Waals surface area contributed by atoms with Crippen molar-refractivity contribution in [1.29, 1.82) is 0 Å². The normalized spacial score (nSPS) is 10.8. The summed E-state index contributed by atoms with van der Waals surface area (Å²) in [6.45, 7) is 6.75. The minimum absolute atomic E-state index is 0.0366. The van der Waals surface area contributed by atoms with Gasteiger partial charge in [0.2, 0.25) is 5.91 Å². The summed E-state index contributed by atoms with van der Waals surface area (Å²) < 4.78 is 4.22. The van der Waals surface area contributed by atoms with Crippen LogP contribution in [0.4, 0.5) is 5.82 Å². The van der Waals surface area contributed by atoms with E-state index in [1.54, 1.807) is 6.92 Å². The summed E-state index contributed by atoms with van der Waals surface area (Å²) in [6, 6.07) is 1.34. The van der Waals surface area contributed by atoms with Crippen LogP contribution in [0.1, 0.15) is 23.5 Å². The molecule has 0 aliphatic carbocycles. The summed E-state index contributed by atoms with van der Waals surface area (Å²) in [4.78, 5) is 22.0. The third-order valence-corrected chi connectivity index (χ3v) is 4.76. The van der Waals surface area contributed by atoms with Gasteiger partial charge in [-0.2, -0.15) is 9.78 Å². The molecule has 9 nitrogen and oxygen atoms in total. The maximum Gasteiger partial charge on any atom is 0.390 e. The fourth-order valence-corrected chi connectivity index (χ4v) is 2.57. The SMILES string of the molecule is Cc1nn(CCCNC(=O)Cn2nc([N+](=O)[O-])cc2C)c(C)c1Br. The van der Waals surface area contributed by atoms with Crippen LogP contribution in [0.15, 0.2) is 10.5 Å². The molecule has 0 atom stereocenters. The fraction of sp³-hybridized carbons (Fsp3) is 0.500. The van der Waals surface area contributed by atoms with Crippen molar-refractivity contribution >= 4 is 27.7 Å². The molecule has 1 N–H and O–H groups in total. The maximum atomic E-state index is 11.9. The molecule has 2 aromatic rings. The lowest BCUT2D eigenvalue weighted by Crippen LogP contribution is -2.29. The maximum absolute atomic E-state index is 11.9. The van der Waals surface area contributed by atoms with Crippen molar-refractivity contribution in [3.05, 3.63) is 37.7 Å². The van der Waals surface area contributed by atoms with Gasteiger partial charge in [-0.1, -0.05) is 0 Å². The predicted octanol–water partition coefficient (Wildman–Crippen LogP) is 1.88. The number of hydrogen-bond donors (Lipinski definition) is 1. The summed E-state index contributed by atoms with van der Waals surface area (Å²) >= 11 is 3.48. The van der Waals surface area contributed by atoms with Gasteiger partial charge in [0.25, 0.3) is 0 Å². The van der Waals surface area contributed by atoms with E-state index in [0.29, 0.717) is 18.8 Å². The van der Waals surface area contributed by atoms with Crippen LogP contribution < -0.4 is 5.32 Å². The van der Waals surface area contributed by atoms with Crippen molar-refractivity contribution in [2.75, 3.05) is 6.54 Å². The second-order valence-electron chi connectivity index (χ2n) is 5.47. The van der Waals surface area contributed by atoms with Crippen molar-refractivity contribution in [2.45, 2.75) is 40.3 Å². The predicted molar refractivity (Wildman–Crippen MR) is 90.6 cm³/mol. The molecule has 10 heteroatoms. The monoisotopic (exact) mass is 398 g/mol. The molecular formula is C14H19BrN6O3. The van der Waals surface area contributed by atoms with Crippen LogP contribution in [0.2, 0.25) is 0 Å². The van der Waals surface area contributed by atoms with Gasteiger partial charge in [0.05, 0.1) is 27.0 Å². The van der Waals surface area contributed by atoms with Gasteiger partial charge in [0, 0.05) is 18.8 Å². The summed E-state index contributed by atoms with van der Waals surface area (Å²) in [6.07, 6.45) is 0.735. The summed E-state index contributed by atoms with van der Waals surface area (Å²) in [5, 5.41) is 21.6. The molecule has 2 heterocycles. The lowest BCUT2D eigenvalue weighted by molar-refractivity contribution is -0.389. The molecule has 2 rings (SSSR count). The van der Waals surface area contributed by atoms with E-state index in [9.17, 15) is 14.9 Å². The van der Waals surface area contributed by atoms with Crippen LogP contribution in [0.5, 0.6) is 0 Å². The van der Waals surface area contributed by atoms with Crippen LogP contribution in [-0.2, 0) is 17.9 Å². The minimum Gasteiger partial charge on any atom is -0.358 e. The average molecular weight is 399 g/mol. The molecule has 0 radical (unpaired) electrons. The van der Waals surface area contributed by atoms with E-state index in [4.69, 9.17) is 0 Å². The molecule has 0 aliphatic heterocycles. The number of carbonyl (C=O) groups excluding carboxylic acids is 1. The summed E-state index contributed by atoms with van der Waals surface area (Å²) in [5.41, 5.74) is 2.56.